The zero-order valence-electron chi connectivity index (χ0n) is 30.8. The number of hydrogen-bond acceptors (Lipinski definition) is 10. The van der Waals surface area contributed by atoms with Crippen LogP contribution < -0.4 is 0 Å². The van der Waals surface area contributed by atoms with Gasteiger partial charge in [-0.2, -0.15) is 0 Å². The molecule has 0 saturated carbocycles. The Hall–Kier alpha value is -5.25. The summed E-state index contributed by atoms with van der Waals surface area (Å²) in [6.45, 7) is 3.00. The Morgan fingerprint density at radius 2 is 0.661 bits per heavy atom. The van der Waals surface area contributed by atoms with E-state index >= 15 is 0 Å². The van der Waals surface area contributed by atoms with Gasteiger partial charge in [0.05, 0.1) is 22.8 Å². The molecule has 4 aromatic heterocycles. The van der Waals surface area contributed by atoms with Crippen LogP contribution >= 0.6 is 0 Å². The molecule has 4 amide bonds. The molecular weight excluding hydrogens is 811 g/mol. The Balaban J connectivity index is 0.00000266. The third-order valence-corrected chi connectivity index (χ3v) is 9.79. The minimum absolute atomic E-state index is 0. The number of pyridine rings is 4. The zero-order valence-corrected chi connectivity index (χ0v) is 36.8. The molecule has 0 unspecified atom stereocenters. The van der Waals surface area contributed by atoms with Crippen LogP contribution in [0.15, 0.2) is 122 Å². The molecule has 0 N–H and O–H groups in total. The second-order valence-electron chi connectivity index (χ2n) is 13.3. The number of carbonyl (C=O) groups is 4. The van der Waals surface area contributed by atoms with E-state index in [2.05, 4.69) is 29.7 Å². The van der Waals surface area contributed by atoms with Gasteiger partial charge in [0.1, 0.15) is 0 Å². The molecule has 272 valence electrons. The molecule has 0 bridgehead atoms. The molecule has 6 aromatic rings. The molecule has 2 aromatic carbocycles. The summed E-state index contributed by atoms with van der Waals surface area (Å²) in [7, 11) is 0. The third-order valence-electron chi connectivity index (χ3n) is 9.79. The Morgan fingerprint density at radius 3 is 0.893 bits per heavy atom. The molecule has 0 spiro atoms. The molecule has 12 nitrogen and oxygen atoms in total. The van der Waals surface area contributed by atoms with Gasteiger partial charge in [-0.15, -0.1) is 0 Å². The van der Waals surface area contributed by atoms with E-state index in [1.54, 1.807) is 49.1 Å². The van der Waals surface area contributed by atoms with Gasteiger partial charge < -0.3 is 0 Å². The van der Waals surface area contributed by atoms with Crippen LogP contribution in [0.25, 0.3) is 10.8 Å². The van der Waals surface area contributed by atoms with Gasteiger partial charge in [-0.3, -0.25) is 58.7 Å². The molecule has 2 aliphatic rings. The predicted octanol–water partition coefficient (Wildman–Crippen LogP) is 5.01. The van der Waals surface area contributed by atoms with Crippen LogP contribution in [0.5, 0.6) is 0 Å². The first-order chi connectivity index (χ1) is 26.4. The van der Waals surface area contributed by atoms with E-state index in [0.29, 0.717) is 50.0 Å². The fourth-order valence-corrected chi connectivity index (χ4v) is 7.17. The van der Waals surface area contributed by atoms with Crippen molar-refractivity contribution in [3.8, 4) is 0 Å². The second kappa shape index (κ2) is 18.1. The maximum absolute atomic E-state index is 14.0. The smallest absolute Gasteiger partial charge is 0.261 e. The van der Waals surface area contributed by atoms with Crippen LogP contribution in [-0.2, 0) is 65.1 Å². The molecule has 8 rings (SSSR count). The van der Waals surface area contributed by atoms with Crippen molar-refractivity contribution in [2.75, 3.05) is 26.2 Å². The van der Waals surface area contributed by atoms with E-state index in [-0.39, 0.29) is 74.3 Å². The van der Waals surface area contributed by atoms with Gasteiger partial charge in [0, 0.05) is 149 Å². The summed E-state index contributed by atoms with van der Waals surface area (Å²) >= 11 is 0. The van der Waals surface area contributed by atoms with Crippen molar-refractivity contribution in [2.24, 2.45) is 0 Å². The van der Waals surface area contributed by atoms with E-state index in [4.69, 9.17) is 0 Å². The first kappa shape index (κ1) is 40.4. The monoisotopic (exact) mass is 844 g/mol. The number of imide groups is 2. The van der Waals surface area contributed by atoms with E-state index in [0.717, 1.165) is 22.8 Å². The number of aromatic nitrogens is 4. The summed E-state index contributed by atoms with van der Waals surface area (Å²) in [5.41, 5.74) is 4.57. The van der Waals surface area contributed by atoms with Crippen molar-refractivity contribution in [2.45, 2.75) is 26.2 Å². The number of amides is 4. The zero-order chi connectivity index (χ0) is 37.0. The van der Waals surface area contributed by atoms with Crippen LogP contribution in [0.2, 0.25) is 0 Å². The second-order valence-corrected chi connectivity index (χ2v) is 13.3. The number of carbonyl (C=O) groups excluding carboxylic acids is 4. The average Bonchev–Trinajstić information content (AvgIpc) is 3.20. The summed E-state index contributed by atoms with van der Waals surface area (Å²) in [4.78, 5) is 80.7. The summed E-state index contributed by atoms with van der Waals surface area (Å²) in [5.74, 6) is -1.86. The first-order valence-electron chi connectivity index (χ1n) is 17.8. The Kier molecular flexibility index (Phi) is 13.1. The molecule has 0 radical (unpaired) electrons. The molecule has 56 heavy (non-hydrogen) atoms. The summed E-state index contributed by atoms with van der Waals surface area (Å²) < 4.78 is 0. The van der Waals surface area contributed by atoms with E-state index < -0.39 is 23.6 Å². The number of benzene rings is 2. The summed E-state index contributed by atoms with van der Waals surface area (Å²) in [6.07, 6.45) is 6.94. The first-order valence-corrected chi connectivity index (χ1v) is 17.8. The third kappa shape index (κ3) is 8.44. The maximum Gasteiger partial charge on any atom is 0.261 e. The van der Waals surface area contributed by atoms with E-state index in [9.17, 15) is 19.2 Å². The fourth-order valence-electron chi connectivity index (χ4n) is 7.17. The average molecular weight is 848 g/mol. The van der Waals surface area contributed by atoms with Gasteiger partial charge in [-0.1, -0.05) is 24.3 Å². The predicted molar refractivity (Wildman–Crippen MR) is 200 cm³/mol. The molecule has 0 fully saturated rings. The van der Waals surface area contributed by atoms with Crippen LogP contribution in [0, 0.1) is 0 Å². The van der Waals surface area contributed by atoms with Crippen LogP contribution in [0.3, 0.4) is 0 Å². The Morgan fingerprint density at radius 1 is 0.393 bits per heavy atom. The number of nitrogens with zero attached hydrogens (tertiary/aromatic N) is 8. The Bertz CT molecular complexity index is 2040. The fraction of sp³-hybridized carbons (Fsp3) is 0.190. The number of hydrogen-bond donors (Lipinski definition) is 0. The molecule has 14 heteroatoms. The van der Waals surface area contributed by atoms with Gasteiger partial charge in [0.2, 0.25) is 0 Å². The van der Waals surface area contributed by atoms with Gasteiger partial charge in [0.25, 0.3) is 23.6 Å². The quantitative estimate of drug-likeness (QED) is 0.109. The number of rotatable bonds is 14. The van der Waals surface area contributed by atoms with Crippen molar-refractivity contribution in [3.05, 3.63) is 167 Å². The summed E-state index contributed by atoms with van der Waals surface area (Å²) in [5, 5.41) is 0.701. The normalized spacial score (nSPS) is 13.3. The maximum atomic E-state index is 14.0. The van der Waals surface area contributed by atoms with Crippen molar-refractivity contribution in [1.29, 1.82) is 0 Å². The van der Waals surface area contributed by atoms with E-state index in [1.165, 1.54) is 9.80 Å². The molecule has 0 aliphatic carbocycles. The molecular formula is C42H36N8O4Zn2. The summed E-state index contributed by atoms with van der Waals surface area (Å²) in [6, 6.07) is 29.3. The van der Waals surface area contributed by atoms with Gasteiger partial charge in [0.15, 0.2) is 0 Å². The van der Waals surface area contributed by atoms with Crippen molar-refractivity contribution in [3.63, 3.8) is 0 Å². The van der Waals surface area contributed by atoms with Crippen LogP contribution in [0.4, 0.5) is 0 Å². The van der Waals surface area contributed by atoms with Crippen LogP contribution in [-0.4, -0.2) is 89.3 Å². The minimum atomic E-state index is -0.464. The Labute approximate surface area is 349 Å². The van der Waals surface area contributed by atoms with Gasteiger partial charge >= 0.3 is 0 Å². The van der Waals surface area contributed by atoms with Crippen molar-refractivity contribution in [1.82, 2.24) is 39.5 Å². The topological polar surface area (TPSA) is 133 Å². The molecule has 0 saturated heterocycles. The molecule has 2 aliphatic heterocycles. The molecule has 6 heterocycles. The van der Waals surface area contributed by atoms with Gasteiger partial charge in [-0.25, -0.2) is 0 Å². The van der Waals surface area contributed by atoms with Crippen molar-refractivity contribution >= 4 is 34.4 Å². The van der Waals surface area contributed by atoms with Crippen molar-refractivity contribution < 1.29 is 58.1 Å². The standard InChI is InChI=1S/C42H36N8O4.2Zn/c51-39-33-13-15-35-38-36(42(54)50(41(35)53)24-22-48(27-31-11-3-7-19-45-31)28-32-12-4-8-20-46-32)16-14-34(37(33)38)40(52)49(39)23-21-47(25-29-9-1-5-17-43-29)26-30-10-2-6-18-44-30;;/h1-20H,21-28H2;;. The largest absolute Gasteiger partial charge is 0.290 e. The SMILES string of the molecule is O=C1c2ccc3c4c(ccc(c24)C(=O)N1CCN(Cc1ccccn1)Cc1ccccn1)C(=O)N(CCN(Cc1ccccn1)Cc1ccccn1)C3=O.[Zn].[Zn]. The van der Waals surface area contributed by atoms with Crippen LogP contribution in [0.1, 0.15) is 64.2 Å². The minimum Gasteiger partial charge on any atom is -0.290 e. The van der Waals surface area contributed by atoms with E-state index in [1.807, 2.05) is 72.8 Å². The molecule has 0 atom stereocenters. The van der Waals surface area contributed by atoms with Gasteiger partial charge in [-0.05, 0) is 72.8 Å².